The first kappa shape index (κ1) is 14.2. The lowest BCUT2D eigenvalue weighted by Gasteiger charge is -2.48. The lowest BCUT2D eigenvalue weighted by molar-refractivity contribution is -0.128. The Labute approximate surface area is 105 Å². The van der Waals surface area contributed by atoms with E-state index in [1.165, 1.54) is 0 Å². The number of nitrogens with two attached hydrogens (primary N) is 1. The van der Waals surface area contributed by atoms with Crippen molar-refractivity contribution in [1.29, 1.82) is 0 Å². The molecule has 1 heterocycles. The highest BCUT2D eigenvalue weighted by Crippen LogP contribution is 2.42. The summed E-state index contributed by atoms with van der Waals surface area (Å²) in [4.78, 5) is 14.5. The molecule has 0 bridgehead atoms. The zero-order valence-electron chi connectivity index (χ0n) is 10.3. The van der Waals surface area contributed by atoms with Gasteiger partial charge in [-0.2, -0.15) is 11.8 Å². The molecule has 0 saturated carbocycles. The molecule has 1 unspecified atom stereocenters. The number of hydrogen-bond acceptors (Lipinski definition) is 4. The molecule has 1 fully saturated rings. The van der Waals surface area contributed by atoms with E-state index in [4.69, 9.17) is 11.3 Å². The van der Waals surface area contributed by atoms with E-state index in [0.717, 1.165) is 12.2 Å². The Balaban J connectivity index is 2.80. The smallest absolute Gasteiger partial charge is 0.239 e. The summed E-state index contributed by atoms with van der Waals surface area (Å²) >= 11 is 1.73. The van der Waals surface area contributed by atoms with Crippen LogP contribution >= 0.6 is 11.8 Å². The molecule has 0 aromatic rings. The van der Waals surface area contributed by atoms with Crippen LogP contribution in [-0.2, 0) is 4.79 Å². The van der Waals surface area contributed by atoms with Gasteiger partial charge < -0.3 is 11.1 Å². The number of thioether (sulfide) groups is 1. The minimum Gasteiger partial charge on any atom is -0.368 e. The molecule has 0 aromatic carbocycles. The zero-order valence-corrected chi connectivity index (χ0v) is 11.1. The Morgan fingerprint density at radius 1 is 1.65 bits per heavy atom. The van der Waals surface area contributed by atoms with Crippen LogP contribution in [0.15, 0.2) is 5.11 Å². The molecule has 1 saturated heterocycles. The molecule has 0 radical (unpaired) electrons. The van der Waals surface area contributed by atoms with E-state index in [-0.39, 0.29) is 11.3 Å². The Morgan fingerprint density at radius 2 is 2.35 bits per heavy atom. The van der Waals surface area contributed by atoms with Crippen LogP contribution in [-0.4, -0.2) is 36.0 Å². The first-order valence-corrected chi connectivity index (χ1v) is 6.75. The Bertz CT molecular complexity index is 340. The fraction of sp³-hybridized carbons (Fsp3) is 0.900. The van der Waals surface area contributed by atoms with Crippen LogP contribution in [0.5, 0.6) is 0 Å². The number of nitrogens with one attached hydrogen (secondary N) is 1. The third-order valence-electron chi connectivity index (χ3n) is 3.47. The zero-order chi connectivity index (χ0) is 12.9. The van der Waals surface area contributed by atoms with E-state index in [2.05, 4.69) is 29.2 Å². The second-order valence-corrected chi connectivity index (χ2v) is 5.94. The van der Waals surface area contributed by atoms with Gasteiger partial charge in [0.15, 0.2) is 0 Å². The summed E-state index contributed by atoms with van der Waals surface area (Å²) in [5, 5.41) is 6.65. The van der Waals surface area contributed by atoms with Gasteiger partial charge in [-0.3, -0.25) is 4.79 Å². The van der Waals surface area contributed by atoms with Crippen molar-refractivity contribution in [1.82, 2.24) is 5.32 Å². The van der Waals surface area contributed by atoms with Crippen LogP contribution < -0.4 is 11.1 Å². The van der Waals surface area contributed by atoms with Gasteiger partial charge in [0.25, 0.3) is 0 Å². The number of rotatable bonds is 5. The molecule has 6 nitrogen and oxygen atoms in total. The Morgan fingerprint density at radius 3 is 2.88 bits per heavy atom. The summed E-state index contributed by atoms with van der Waals surface area (Å²) in [6, 6.07) is 0. The van der Waals surface area contributed by atoms with E-state index in [1.54, 1.807) is 11.8 Å². The summed E-state index contributed by atoms with van der Waals surface area (Å²) in [5.74, 6) is 1.39. The highest BCUT2D eigenvalue weighted by molar-refractivity contribution is 7.99. The highest BCUT2D eigenvalue weighted by Gasteiger charge is 2.51. The quantitative estimate of drug-likeness (QED) is 0.335. The predicted molar refractivity (Wildman–Crippen MR) is 69.7 cm³/mol. The van der Waals surface area contributed by atoms with E-state index in [9.17, 15) is 4.79 Å². The molecule has 1 atom stereocenters. The van der Waals surface area contributed by atoms with Gasteiger partial charge in [-0.05, 0) is 23.1 Å². The van der Waals surface area contributed by atoms with E-state index in [1.807, 2.05) is 0 Å². The van der Waals surface area contributed by atoms with Gasteiger partial charge >= 0.3 is 0 Å². The van der Waals surface area contributed by atoms with Crippen molar-refractivity contribution in [3.8, 4) is 0 Å². The monoisotopic (exact) mass is 257 g/mol. The minimum absolute atomic E-state index is 0.180. The average molecular weight is 257 g/mol. The van der Waals surface area contributed by atoms with E-state index < -0.39 is 5.54 Å². The topological polar surface area (TPSA) is 104 Å². The molecular weight excluding hydrogens is 238 g/mol. The second-order valence-electron chi connectivity index (χ2n) is 4.84. The first-order valence-electron chi connectivity index (χ1n) is 5.60. The molecule has 1 amide bonds. The molecule has 3 N–H and O–H groups in total. The van der Waals surface area contributed by atoms with Crippen LogP contribution in [0.2, 0.25) is 0 Å². The molecular formula is C10H19N5OS. The lowest BCUT2D eigenvalue weighted by Crippen LogP contribution is -2.67. The first-order chi connectivity index (χ1) is 7.96. The van der Waals surface area contributed by atoms with Crippen molar-refractivity contribution in [3.05, 3.63) is 10.4 Å². The van der Waals surface area contributed by atoms with Gasteiger partial charge in [0.2, 0.25) is 5.91 Å². The van der Waals surface area contributed by atoms with Crippen molar-refractivity contribution in [3.63, 3.8) is 0 Å². The SMILES string of the molecule is CC1(C)CCSCC1(NCCN=[N+]=[N-])C(N)=O. The summed E-state index contributed by atoms with van der Waals surface area (Å²) in [7, 11) is 0. The molecule has 0 spiro atoms. The van der Waals surface area contributed by atoms with E-state index >= 15 is 0 Å². The van der Waals surface area contributed by atoms with Gasteiger partial charge in [-0.1, -0.05) is 19.0 Å². The van der Waals surface area contributed by atoms with Crippen LogP contribution in [0, 0.1) is 5.41 Å². The molecule has 0 aromatic heterocycles. The van der Waals surface area contributed by atoms with Crippen LogP contribution in [0.4, 0.5) is 0 Å². The van der Waals surface area contributed by atoms with Crippen molar-refractivity contribution < 1.29 is 4.79 Å². The number of nitrogens with zero attached hydrogens (tertiary/aromatic N) is 3. The molecule has 0 aliphatic carbocycles. The molecule has 96 valence electrons. The van der Waals surface area contributed by atoms with Crippen molar-refractivity contribution in [2.45, 2.75) is 25.8 Å². The third kappa shape index (κ3) is 2.86. The van der Waals surface area contributed by atoms with Crippen LogP contribution in [0.3, 0.4) is 0 Å². The van der Waals surface area contributed by atoms with Crippen molar-refractivity contribution in [2.75, 3.05) is 24.6 Å². The molecule has 1 aliphatic heterocycles. The number of carbonyl (C=O) groups is 1. The number of primary amides is 1. The maximum absolute atomic E-state index is 11.8. The van der Waals surface area contributed by atoms with Gasteiger partial charge in [0.1, 0.15) is 5.54 Å². The Kier molecular flexibility index (Phi) is 4.68. The van der Waals surface area contributed by atoms with Crippen molar-refractivity contribution >= 4 is 17.7 Å². The van der Waals surface area contributed by atoms with Gasteiger partial charge in [0.05, 0.1) is 0 Å². The number of carbonyl (C=O) groups excluding carboxylic acids is 1. The maximum Gasteiger partial charge on any atom is 0.239 e. The van der Waals surface area contributed by atoms with Crippen molar-refractivity contribution in [2.24, 2.45) is 16.3 Å². The standard InChI is InChI=1S/C10H19N5OS/c1-9(2)3-6-17-7-10(9,8(11)16)13-4-5-14-15-12/h13H,3-7H2,1-2H3,(H2,11,16). The van der Waals surface area contributed by atoms with Crippen LogP contribution in [0.25, 0.3) is 10.4 Å². The molecule has 7 heteroatoms. The van der Waals surface area contributed by atoms with Gasteiger partial charge in [-0.25, -0.2) is 0 Å². The summed E-state index contributed by atoms with van der Waals surface area (Å²) in [5.41, 5.74) is 12.9. The summed E-state index contributed by atoms with van der Waals surface area (Å²) in [6.45, 7) is 4.90. The van der Waals surface area contributed by atoms with E-state index in [0.29, 0.717) is 18.8 Å². The highest BCUT2D eigenvalue weighted by atomic mass is 32.2. The lowest BCUT2D eigenvalue weighted by atomic mass is 9.70. The summed E-state index contributed by atoms with van der Waals surface area (Å²) in [6.07, 6.45) is 0.940. The Hall–Kier alpha value is -0.910. The van der Waals surface area contributed by atoms with Gasteiger partial charge in [-0.15, -0.1) is 0 Å². The fourth-order valence-electron chi connectivity index (χ4n) is 2.11. The number of azide groups is 1. The molecule has 1 aliphatic rings. The average Bonchev–Trinajstić information content (AvgIpc) is 2.25. The largest absolute Gasteiger partial charge is 0.368 e. The van der Waals surface area contributed by atoms with Gasteiger partial charge in [0, 0.05) is 23.8 Å². The maximum atomic E-state index is 11.8. The second kappa shape index (κ2) is 5.62. The number of hydrogen-bond donors (Lipinski definition) is 2. The number of amides is 1. The fourth-order valence-corrected chi connectivity index (χ4v) is 3.85. The summed E-state index contributed by atoms with van der Waals surface area (Å²) < 4.78 is 0. The normalized spacial score (nSPS) is 27.2. The molecule has 17 heavy (non-hydrogen) atoms. The predicted octanol–water partition coefficient (Wildman–Crippen LogP) is 1.27. The van der Waals surface area contributed by atoms with Crippen LogP contribution in [0.1, 0.15) is 20.3 Å². The molecule has 1 rings (SSSR count). The minimum atomic E-state index is -0.707. The third-order valence-corrected chi connectivity index (χ3v) is 4.60.